The third kappa shape index (κ3) is 3.21. The minimum atomic E-state index is -1.08. The summed E-state index contributed by atoms with van der Waals surface area (Å²) in [6.45, 7) is 0. The number of anilines is 1. The molecule has 0 unspecified atom stereocenters. The first-order chi connectivity index (χ1) is 11.1. The summed E-state index contributed by atoms with van der Waals surface area (Å²) in [6.07, 6.45) is 1.55. The van der Waals surface area contributed by atoms with Gasteiger partial charge in [0.2, 0.25) is 0 Å². The molecule has 1 amide bonds. The zero-order valence-corrected chi connectivity index (χ0v) is 13.9. The number of ether oxygens (including phenoxy) is 1. The predicted molar refractivity (Wildman–Crippen MR) is 92.3 cm³/mol. The van der Waals surface area contributed by atoms with Gasteiger partial charge in [0, 0.05) is 16.5 Å². The molecule has 0 radical (unpaired) electrons. The van der Waals surface area contributed by atoms with Crippen LogP contribution in [-0.4, -0.2) is 30.5 Å². The van der Waals surface area contributed by atoms with E-state index in [0.717, 1.165) is 27.5 Å². The molecule has 0 bridgehead atoms. The van der Waals surface area contributed by atoms with Crippen molar-refractivity contribution in [1.29, 1.82) is 0 Å². The van der Waals surface area contributed by atoms with E-state index < -0.39 is 6.10 Å². The summed E-state index contributed by atoms with van der Waals surface area (Å²) in [4.78, 5) is 13.4. The van der Waals surface area contributed by atoms with Gasteiger partial charge in [-0.2, -0.15) is 0 Å². The first kappa shape index (κ1) is 15.9. The number of methoxy groups -OCH3 is 1. The van der Waals surface area contributed by atoms with Crippen LogP contribution in [0, 0.1) is 0 Å². The van der Waals surface area contributed by atoms with Gasteiger partial charge >= 0.3 is 0 Å². The topological polar surface area (TPSA) is 58.6 Å². The summed E-state index contributed by atoms with van der Waals surface area (Å²) in [6, 6.07) is 13.5. The number of thioether (sulfide) groups is 1. The number of rotatable bonds is 3. The molecular formula is C18H19NO3S. The number of benzene rings is 2. The average Bonchev–Trinajstić information content (AvgIpc) is 2.71. The number of aliphatic hydroxyl groups excluding tert-OH is 1. The molecule has 2 atom stereocenters. The van der Waals surface area contributed by atoms with Gasteiger partial charge in [0.1, 0.15) is 11.9 Å². The van der Waals surface area contributed by atoms with Gasteiger partial charge in [-0.1, -0.05) is 12.1 Å². The Morgan fingerprint density at radius 2 is 1.96 bits per heavy atom. The molecule has 23 heavy (non-hydrogen) atoms. The van der Waals surface area contributed by atoms with Crippen LogP contribution in [-0.2, 0) is 11.2 Å². The molecular weight excluding hydrogens is 310 g/mol. The number of fused-ring (bicyclic) bond motifs is 1. The van der Waals surface area contributed by atoms with Gasteiger partial charge in [0.05, 0.1) is 7.11 Å². The van der Waals surface area contributed by atoms with Gasteiger partial charge in [-0.3, -0.25) is 4.79 Å². The van der Waals surface area contributed by atoms with Crippen molar-refractivity contribution in [2.45, 2.75) is 23.3 Å². The molecule has 0 aliphatic carbocycles. The molecule has 2 aromatic carbocycles. The lowest BCUT2D eigenvalue weighted by Gasteiger charge is -2.19. The van der Waals surface area contributed by atoms with E-state index in [2.05, 4.69) is 11.4 Å². The molecule has 3 rings (SSSR count). The Bertz CT molecular complexity index is 715. The van der Waals surface area contributed by atoms with Gasteiger partial charge in [0.15, 0.2) is 0 Å². The number of carbonyl (C=O) groups excluding carboxylic acids is 1. The molecule has 0 spiro atoms. The number of hydrogen-bond acceptors (Lipinski definition) is 4. The fraction of sp³-hybridized carbons (Fsp3) is 0.278. The number of carbonyl (C=O) groups is 1. The van der Waals surface area contributed by atoms with Crippen LogP contribution in [0.2, 0.25) is 0 Å². The minimum Gasteiger partial charge on any atom is -0.497 e. The Labute approximate surface area is 139 Å². The lowest BCUT2D eigenvalue weighted by atomic mass is 9.88. The standard InChI is InChI=1S/C18H19NO3S/c1-22-13-5-3-11(4-6-13)15-10-12-9-14(23-2)7-8-16(12)19-18(21)17(15)20/h3-9,15,17,20H,10H2,1-2H3,(H,19,21)/t15-,17+/m0/s1. The Balaban J connectivity index is 1.99. The van der Waals surface area contributed by atoms with E-state index in [-0.39, 0.29) is 11.8 Å². The van der Waals surface area contributed by atoms with Crippen LogP contribution >= 0.6 is 11.8 Å². The maximum atomic E-state index is 12.2. The van der Waals surface area contributed by atoms with Crippen molar-refractivity contribution in [2.24, 2.45) is 0 Å². The van der Waals surface area contributed by atoms with Crippen molar-refractivity contribution in [3.8, 4) is 5.75 Å². The number of nitrogens with one attached hydrogen (secondary N) is 1. The molecule has 1 aliphatic heterocycles. The molecule has 2 aromatic rings. The molecule has 0 fully saturated rings. The summed E-state index contributed by atoms with van der Waals surface area (Å²) in [5.74, 6) is 0.118. The first-order valence-corrected chi connectivity index (χ1v) is 8.64. The van der Waals surface area contributed by atoms with Crippen LogP contribution in [0.15, 0.2) is 47.4 Å². The SMILES string of the molecule is COc1ccc([C@@H]2Cc3cc(SC)ccc3NC(=O)[C@@H]2O)cc1. The second-order valence-electron chi connectivity index (χ2n) is 5.54. The van der Waals surface area contributed by atoms with E-state index >= 15 is 0 Å². The second kappa shape index (κ2) is 6.64. The molecule has 1 aliphatic rings. The van der Waals surface area contributed by atoms with Crippen molar-refractivity contribution >= 4 is 23.4 Å². The van der Waals surface area contributed by atoms with Gasteiger partial charge in [-0.05, 0) is 54.1 Å². The summed E-state index contributed by atoms with van der Waals surface area (Å²) in [5, 5.41) is 13.3. The average molecular weight is 329 g/mol. The van der Waals surface area contributed by atoms with Crippen molar-refractivity contribution < 1.29 is 14.6 Å². The lowest BCUT2D eigenvalue weighted by Crippen LogP contribution is -2.31. The highest BCUT2D eigenvalue weighted by Crippen LogP contribution is 2.34. The van der Waals surface area contributed by atoms with Crippen LogP contribution < -0.4 is 10.1 Å². The van der Waals surface area contributed by atoms with E-state index in [0.29, 0.717) is 6.42 Å². The summed E-state index contributed by atoms with van der Waals surface area (Å²) < 4.78 is 5.17. The van der Waals surface area contributed by atoms with Gasteiger partial charge < -0.3 is 15.2 Å². The van der Waals surface area contributed by atoms with Crippen molar-refractivity contribution in [2.75, 3.05) is 18.7 Å². The molecule has 5 heteroatoms. The van der Waals surface area contributed by atoms with Crippen LogP contribution in [0.5, 0.6) is 5.75 Å². The summed E-state index contributed by atoms with van der Waals surface area (Å²) in [5.41, 5.74) is 2.75. The number of amides is 1. The monoisotopic (exact) mass is 329 g/mol. The Kier molecular flexibility index (Phi) is 4.59. The lowest BCUT2D eigenvalue weighted by molar-refractivity contribution is -0.124. The maximum absolute atomic E-state index is 12.2. The highest BCUT2D eigenvalue weighted by Gasteiger charge is 2.32. The van der Waals surface area contributed by atoms with E-state index in [1.165, 1.54) is 0 Å². The highest BCUT2D eigenvalue weighted by molar-refractivity contribution is 7.98. The molecule has 0 aromatic heterocycles. The predicted octanol–water partition coefficient (Wildman–Crippen LogP) is 3.06. The first-order valence-electron chi connectivity index (χ1n) is 7.42. The Morgan fingerprint density at radius 3 is 2.61 bits per heavy atom. The Morgan fingerprint density at radius 1 is 1.22 bits per heavy atom. The van der Waals surface area contributed by atoms with Crippen molar-refractivity contribution in [3.63, 3.8) is 0 Å². The van der Waals surface area contributed by atoms with Gasteiger partial charge in [-0.25, -0.2) is 0 Å². The van der Waals surface area contributed by atoms with Crippen LogP contribution in [0.1, 0.15) is 17.0 Å². The maximum Gasteiger partial charge on any atom is 0.253 e. The number of hydrogen-bond donors (Lipinski definition) is 2. The zero-order valence-electron chi connectivity index (χ0n) is 13.1. The van der Waals surface area contributed by atoms with Crippen molar-refractivity contribution in [3.05, 3.63) is 53.6 Å². The van der Waals surface area contributed by atoms with Gasteiger partial charge in [-0.15, -0.1) is 11.8 Å². The summed E-state index contributed by atoms with van der Waals surface area (Å²) >= 11 is 1.66. The molecule has 4 nitrogen and oxygen atoms in total. The van der Waals surface area contributed by atoms with E-state index in [1.807, 2.05) is 42.7 Å². The Hall–Kier alpha value is -1.98. The quantitative estimate of drug-likeness (QED) is 0.850. The van der Waals surface area contributed by atoms with E-state index in [4.69, 9.17) is 4.74 Å². The summed E-state index contributed by atoms with van der Waals surface area (Å²) in [7, 11) is 1.61. The molecule has 1 heterocycles. The number of aliphatic hydroxyl groups is 1. The van der Waals surface area contributed by atoms with Crippen molar-refractivity contribution in [1.82, 2.24) is 0 Å². The van der Waals surface area contributed by atoms with Crippen LogP contribution in [0.25, 0.3) is 0 Å². The minimum absolute atomic E-state index is 0.278. The van der Waals surface area contributed by atoms with E-state index in [9.17, 15) is 9.90 Å². The smallest absolute Gasteiger partial charge is 0.253 e. The largest absolute Gasteiger partial charge is 0.497 e. The third-order valence-corrected chi connectivity index (χ3v) is 4.93. The van der Waals surface area contributed by atoms with Crippen LogP contribution in [0.4, 0.5) is 5.69 Å². The second-order valence-corrected chi connectivity index (χ2v) is 6.42. The third-order valence-electron chi connectivity index (χ3n) is 4.20. The van der Waals surface area contributed by atoms with Crippen LogP contribution in [0.3, 0.4) is 0 Å². The fourth-order valence-electron chi connectivity index (χ4n) is 2.88. The molecule has 0 saturated heterocycles. The normalized spacial score (nSPS) is 20.4. The van der Waals surface area contributed by atoms with Gasteiger partial charge in [0.25, 0.3) is 5.91 Å². The van der Waals surface area contributed by atoms with E-state index in [1.54, 1.807) is 18.9 Å². The molecule has 120 valence electrons. The molecule has 2 N–H and O–H groups in total. The fourth-order valence-corrected chi connectivity index (χ4v) is 3.34. The molecule has 0 saturated carbocycles. The highest BCUT2D eigenvalue weighted by atomic mass is 32.2. The zero-order chi connectivity index (χ0) is 16.4.